The third-order valence-electron chi connectivity index (χ3n) is 4.51. The number of hydrogen-bond donors (Lipinski definition) is 2. The Labute approximate surface area is 137 Å². The Morgan fingerprint density at radius 3 is 2.70 bits per heavy atom. The van der Waals surface area contributed by atoms with E-state index in [0.717, 1.165) is 24.2 Å². The van der Waals surface area contributed by atoms with E-state index in [-0.39, 0.29) is 11.8 Å². The molecule has 0 saturated carbocycles. The lowest BCUT2D eigenvalue weighted by Gasteiger charge is -2.21. The summed E-state index contributed by atoms with van der Waals surface area (Å²) in [6, 6.07) is 4.30. The standard InChI is InChI=1S/C18H25NO4/c1-4-12(11(2)3)10-16(20)19-17(18(21)22)14-5-6-15-13(9-14)7-8-23-15/h5-6,9,11-12,17H,4,7-8,10H2,1-3H3,(H,19,20)(H,21,22). The van der Waals surface area contributed by atoms with Gasteiger partial charge in [-0.15, -0.1) is 0 Å². The average Bonchev–Trinajstić information content (AvgIpc) is 2.97. The molecule has 0 fully saturated rings. The molecule has 5 nitrogen and oxygen atoms in total. The smallest absolute Gasteiger partial charge is 0.330 e. The highest BCUT2D eigenvalue weighted by atomic mass is 16.5. The van der Waals surface area contributed by atoms with Crippen molar-refractivity contribution in [3.8, 4) is 5.75 Å². The van der Waals surface area contributed by atoms with E-state index in [2.05, 4.69) is 19.2 Å². The second-order valence-electron chi connectivity index (χ2n) is 6.42. The number of benzene rings is 1. The first-order chi connectivity index (χ1) is 10.9. The molecule has 2 N–H and O–H groups in total. The van der Waals surface area contributed by atoms with E-state index in [0.29, 0.717) is 24.5 Å². The van der Waals surface area contributed by atoms with Crippen LogP contribution < -0.4 is 10.1 Å². The summed E-state index contributed by atoms with van der Waals surface area (Å²) in [4.78, 5) is 23.8. The lowest BCUT2D eigenvalue weighted by molar-refractivity contribution is -0.142. The van der Waals surface area contributed by atoms with Crippen LogP contribution >= 0.6 is 0 Å². The maximum absolute atomic E-state index is 12.2. The second-order valence-corrected chi connectivity index (χ2v) is 6.42. The van der Waals surface area contributed by atoms with Gasteiger partial charge in [-0.05, 0) is 35.1 Å². The fourth-order valence-corrected chi connectivity index (χ4v) is 2.98. The van der Waals surface area contributed by atoms with E-state index in [9.17, 15) is 14.7 Å². The average molecular weight is 319 g/mol. The summed E-state index contributed by atoms with van der Waals surface area (Å²) in [5, 5.41) is 12.1. The second kappa shape index (κ2) is 7.49. The number of fused-ring (bicyclic) bond motifs is 1. The van der Waals surface area contributed by atoms with Crippen LogP contribution in [0.25, 0.3) is 0 Å². The van der Waals surface area contributed by atoms with Crippen molar-refractivity contribution in [2.75, 3.05) is 6.61 Å². The maximum atomic E-state index is 12.2. The van der Waals surface area contributed by atoms with Crippen LogP contribution in [0.2, 0.25) is 0 Å². The minimum Gasteiger partial charge on any atom is -0.493 e. The highest BCUT2D eigenvalue weighted by Gasteiger charge is 2.25. The van der Waals surface area contributed by atoms with Crippen molar-refractivity contribution in [1.29, 1.82) is 0 Å². The van der Waals surface area contributed by atoms with Gasteiger partial charge in [0.1, 0.15) is 5.75 Å². The van der Waals surface area contributed by atoms with Gasteiger partial charge < -0.3 is 15.2 Å². The largest absolute Gasteiger partial charge is 0.493 e. The van der Waals surface area contributed by atoms with Gasteiger partial charge in [0.25, 0.3) is 0 Å². The maximum Gasteiger partial charge on any atom is 0.330 e. The number of aliphatic carboxylic acids is 1. The van der Waals surface area contributed by atoms with Crippen molar-refractivity contribution in [3.63, 3.8) is 0 Å². The van der Waals surface area contributed by atoms with Gasteiger partial charge in [-0.1, -0.05) is 33.3 Å². The van der Waals surface area contributed by atoms with Crippen LogP contribution in [-0.4, -0.2) is 23.6 Å². The number of amides is 1. The van der Waals surface area contributed by atoms with Gasteiger partial charge in [-0.2, -0.15) is 0 Å². The fraction of sp³-hybridized carbons (Fsp3) is 0.556. The van der Waals surface area contributed by atoms with E-state index in [1.54, 1.807) is 12.1 Å². The summed E-state index contributed by atoms with van der Waals surface area (Å²) < 4.78 is 5.43. The predicted octanol–water partition coefficient (Wildman–Crippen LogP) is 2.94. The summed E-state index contributed by atoms with van der Waals surface area (Å²) in [5.74, 6) is 0.198. The molecule has 0 spiro atoms. The monoisotopic (exact) mass is 319 g/mol. The summed E-state index contributed by atoms with van der Waals surface area (Å²) in [6.45, 7) is 6.83. The summed E-state index contributed by atoms with van der Waals surface area (Å²) in [5.41, 5.74) is 1.59. The highest BCUT2D eigenvalue weighted by molar-refractivity contribution is 5.84. The van der Waals surface area contributed by atoms with Crippen molar-refractivity contribution >= 4 is 11.9 Å². The van der Waals surface area contributed by atoms with E-state index in [1.807, 2.05) is 13.0 Å². The van der Waals surface area contributed by atoms with Crippen molar-refractivity contribution in [2.24, 2.45) is 11.8 Å². The molecule has 0 aromatic heterocycles. The number of hydrogen-bond acceptors (Lipinski definition) is 3. The number of carbonyl (C=O) groups excluding carboxylic acids is 1. The molecule has 1 heterocycles. The van der Waals surface area contributed by atoms with Crippen LogP contribution in [-0.2, 0) is 16.0 Å². The molecule has 126 valence electrons. The Morgan fingerprint density at radius 2 is 2.09 bits per heavy atom. The van der Waals surface area contributed by atoms with Gasteiger partial charge in [-0.25, -0.2) is 4.79 Å². The van der Waals surface area contributed by atoms with Gasteiger partial charge in [0.05, 0.1) is 6.61 Å². The van der Waals surface area contributed by atoms with Gasteiger partial charge in [0.2, 0.25) is 5.91 Å². The first kappa shape index (κ1) is 17.3. The molecule has 2 rings (SSSR count). The Bertz CT molecular complexity index is 582. The van der Waals surface area contributed by atoms with E-state index in [1.165, 1.54) is 0 Å². The third-order valence-corrected chi connectivity index (χ3v) is 4.51. The number of carbonyl (C=O) groups is 2. The number of nitrogens with one attached hydrogen (secondary N) is 1. The summed E-state index contributed by atoms with van der Waals surface area (Å²) >= 11 is 0. The zero-order chi connectivity index (χ0) is 17.0. The van der Waals surface area contributed by atoms with Crippen LogP contribution in [0.15, 0.2) is 18.2 Å². The number of ether oxygens (including phenoxy) is 1. The molecule has 23 heavy (non-hydrogen) atoms. The molecule has 1 aromatic rings. The molecular formula is C18H25NO4. The van der Waals surface area contributed by atoms with Crippen LogP contribution in [0, 0.1) is 11.8 Å². The molecule has 1 aliphatic heterocycles. The SMILES string of the molecule is CCC(CC(=O)NC(C(=O)O)c1ccc2c(c1)CCO2)C(C)C. The van der Waals surface area contributed by atoms with Gasteiger partial charge in [0, 0.05) is 12.8 Å². The Hall–Kier alpha value is -2.04. The predicted molar refractivity (Wildman–Crippen MR) is 87.4 cm³/mol. The molecule has 1 aliphatic rings. The van der Waals surface area contributed by atoms with Crippen molar-refractivity contribution < 1.29 is 19.4 Å². The molecule has 1 amide bonds. The van der Waals surface area contributed by atoms with Crippen LogP contribution in [0.1, 0.15) is 50.8 Å². The first-order valence-electron chi connectivity index (χ1n) is 8.20. The number of carboxylic acids is 1. The van der Waals surface area contributed by atoms with Crippen molar-refractivity contribution in [2.45, 2.75) is 46.1 Å². The molecule has 0 bridgehead atoms. The van der Waals surface area contributed by atoms with Crippen molar-refractivity contribution in [3.05, 3.63) is 29.3 Å². The van der Waals surface area contributed by atoms with Crippen molar-refractivity contribution in [1.82, 2.24) is 5.32 Å². The fourth-order valence-electron chi connectivity index (χ4n) is 2.98. The molecule has 2 atom stereocenters. The van der Waals surface area contributed by atoms with Crippen LogP contribution in [0.4, 0.5) is 0 Å². The minimum absolute atomic E-state index is 0.213. The Kier molecular flexibility index (Phi) is 5.64. The summed E-state index contributed by atoms with van der Waals surface area (Å²) in [6.07, 6.45) is 2.03. The van der Waals surface area contributed by atoms with E-state index in [4.69, 9.17) is 4.74 Å². The topological polar surface area (TPSA) is 75.6 Å². The minimum atomic E-state index is -1.05. The molecular weight excluding hydrogens is 294 g/mol. The lowest BCUT2D eigenvalue weighted by Crippen LogP contribution is -2.35. The molecule has 2 unspecified atom stereocenters. The zero-order valence-electron chi connectivity index (χ0n) is 14.0. The van der Waals surface area contributed by atoms with Crippen LogP contribution in [0.3, 0.4) is 0 Å². The Balaban J connectivity index is 2.10. The number of rotatable bonds is 7. The molecule has 0 radical (unpaired) electrons. The molecule has 0 aliphatic carbocycles. The lowest BCUT2D eigenvalue weighted by atomic mass is 9.89. The van der Waals surface area contributed by atoms with E-state index < -0.39 is 12.0 Å². The zero-order valence-corrected chi connectivity index (χ0v) is 14.0. The van der Waals surface area contributed by atoms with Crippen LogP contribution in [0.5, 0.6) is 5.75 Å². The van der Waals surface area contributed by atoms with Gasteiger partial charge >= 0.3 is 5.97 Å². The van der Waals surface area contributed by atoms with E-state index >= 15 is 0 Å². The Morgan fingerprint density at radius 1 is 1.35 bits per heavy atom. The van der Waals surface area contributed by atoms with Gasteiger partial charge in [0.15, 0.2) is 6.04 Å². The molecule has 1 aromatic carbocycles. The molecule has 0 saturated heterocycles. The molecule has 5 heteroatoms. The normalized spacial score (nSPS) is 15.7. The quantitative estimate of drug-likeness (QED) is 0.810. The van der Waals surface area contributed by atoms with Gasteiger partial charge in [-0.3, -0.25) is 4.79 Å². The third kappa shape index (κ3) is 4.24. The highest BCUT2D eigenvalue weighted by Crippen LogP contribution is 2.28. The number of carboxylic acid groups (broad SMARTS) is 1. The summed E-state index contributed by atoms with van der Waals surface area (Å²) in [7, 11) is 0. The first-order valence-corrected chi connectivity index (χ1v) is 8.20.